The maximum absolute atomic E-state index is 12.3. The Morgan fingerprint density at radius 3 is 2.38 bits per heavy atom. The fourth-order valence-electron chi connectivity index (χ4n) is 2.17. The molecule has 1 N–H and O–H groups in total. The van der Waals surface area contributed by atoms with Gasteiger partial charge in [0, 0.05) is 26.2 Å². The molecule has 0 atom stereocenters. The Labute approximate surface area is 143 Å². The molecule has 2 aromatic carbocycles. The lowest BCUT2D eigenvalue weighted by atomic mass is 10.1. The molecule has 0 aromatic heterocycles. The number of nitrogens with one attached hydrogen (secondary N) is 1. The van der Waals surface area contributed by atoms with Gasteiger partial charge in [-0.05, 0) is 24.6 Å². The van der Waals surface area contributed by atoms with Crippen LogP contribution in [0, 0.1) is 6.92 Å². The van der Waals surface area contributed by atoms with Gasteiger partial charge in [-0.15, -0.1) is 0 Å². The smallest absolute Gasteiger partial charge is 0.242 e. The first-order valence-electron chi connectivity index (χ1n) is 7.63. The van der Waals surface area contributed by atoms with Crippen molar-refractivity contribution in [3.8, 4) is 0 Å². The summed E-state index contributed by atoms with van der Waals surface area (Å²) in [6, 6.07) is 14.2. The summed E-state index contributed by atoms with van der Waals surface area (Å²) >= 11 is 0. The summed E-state index contributed by atoms with van der Waals surface area (Å²) in [5.74, 6) is -0.141. The topological polar surface area (TPSA) is 66.5 Å². The zero-order chi connectivity index (χ0) is 17.7. The lowest BCUT2D eigenvalue weighted by Gasteiger charge is -2.12. The van der Waals surface area contributed by atoms with Crippen LogP contribution in [0.4, 0.5) is 0 Å². The Hall–Kier alpha value is -2.02. The number of aryl methyl sites for hydroxylation is 1. The maximum atomic E-state index is 12.3. The number of nitrogens with zero attached hydrogens (tertiary/aromatic N) is 1. The SMILES string of the molecule is Cc1ccc(CNCC(=O)c2cccc(S(=O)(=O)N(C)C)c2)cc1. The van der Waals surface area contributed by atoms with Crippen LogP contribution in [0.25, 0.3) is 0 Å². The van der Waals surface area contributed by atoms with Crippen LogP contribution in [-0.4, -0.2) is 39.1 Å². The van der Waals surface area contributed by atoms with Gasteiger partial charge in [0.05, 0.1) is 11.4 Å². The highest BCUT2D eigenvalue weighted by molar-refractivity contribution is 7.89. The molecule has 5 nitrogen and oxygen atoms in total. The molecule has 0 heterocycles. The summed E-state index contributed by atoms with van der Waals surface area (Å²) in [6.07, 6.45) is 0. The molecule has 0 saturated heterocycles. The Morgan fingerprint density at radius 2 is 1.75 bits per heavy atom. The second-order valence-electron chi connectivity index (χ2n) is 5.83. The normalized spacial score (nSPS) is 11.7. The van der Waals surface area contributed by atoms with Crippen molar-refractivity contribution in [1.29, 1.82) is 0 Å². The van der Waals surface area contributed by atoms with Crippen LogP contribution in [0.1, 0.15) is 21.5 Å². The molecule has 0 aliphatic heterocycles. The monoisotopic (exact) mass is 346 g/mol. The molecule has 0 saturated carbocycles. The van der Waals surface area contributed by atoms with Crippen LogP contribution in [-0.2, 0) is 16.6 Å². The van der Waals surface area contributed by atoms with Gasteiger partial charge in [0.2, 0.25) is 10.0 Å². The lowest BCUT2D eigenvalue weighted by molar-refractivity contribution is 0.0990. The number of Topliss-reactive ketones (excluding diaryl/α,β-unsaturated/α-hetero) is 1. The Kier molecular flexibility index (Phi) is 5.88. The van der Waals surface area contributed by atoms with Crippen LogP contribution in [0.5, 0.6) is 0 Å². The summed E-state index contributed by atoms with van der Waals surface area (Å²) in [4.78, 5) is 12.4. The van der Waals surface area contributed by atoms with E-state index >= 15 is 0 Å². The molecular formula is C18H22N2O3S. The van der Waals surface area contributed by atoms with Gasteiger partial charge in [-0.2, -0.15) is 0 Å². The third kappa shape index (κ3) is 4.50. The molecule has 0 bridgehead atoms. The average Bonchev–Trinajstić information content (AvgIpc) is 2.56. The minimum atomic E-state index is -3.54. The first-order valence-corrected chi connectivity index (χ1v) is 9.07. The predicted molar refractivity (Wildman–Crippen MR) is 94.5 cm³/mol. The molecule has 2 rings (SSSR count). The number of rotatable bonds is 7. The average molecular weight is 346 g/mol. The van der Waals surface area contributed by atoms with Gasteiger partial charge in [-0.3, -0.25) is 4.79 Å². The molecule has 6 heteroatoms. The minimum absolute atomic E-state index is 0.122. The number of benzene rings is 2. The Morgan fingerprint density at radius 1 is 1.08 bits per heavy atom. The van der Waals surface area contributed by atoms with Crippen LogP contribution in [0.3, 0.4) is 0 Å². The maximum Gasteiger partial charge on any atom is 0.242 e. The van der Waals surface area contributed by atoms with Gasteiger partial charge in [-0.1, -0.05) is 42.0 Å². The lowest BCUT2D eigenvalue weighted by Crippen LogP contribution is -2.24. The quantitative estimate of drug-likeness (QED) is 0.781. The van der Waals surface area contributed by atoms with Crippen molar-refractivity contribution < 1.29 is 13.2 Å². The van der Waals surface area contributed by atoms with Crippen LogP contribution in [0.15, 0.2) is 53.4 Å². The van der Waals surface area contributed by atoms with E-state index in [2.05, 4.69) is 5.32 Å². The summed E-state index contributed by atoms with van der Waals surface area (Å²) in [5.41, 5.74) is 2.67. The van der Waals surface area contributed by atoms with Crippen molar-refractivity contribution >= 4 is 15.8 Å². The number of hydrogen-bond donors (Lipinski definition) is 1. The fourth-order valence-corrected chi connectivity index (χ4v) is 3.12. The van der Waals surface area contributed by atoms with E-state index in [0.29, 0.717) is 12.1 Å². The number of carbonyl (C=O) groups is 1. The van der Waals surface area contributed by atoms with E-state index in [0.717, 1.165) is 9.87 Å². The first-order chi connectivity index (χ1) is 11.3. The molecule has 2 aromatic rings. The number of hydrogen-bond acceptors (Lipinski definition) is 4. The highest BCUT2D eigenvalue weighted by Crippen LogP contribution is 2.15. The van der Waals surface area contributed by atoms with Crippen molar-refractivity contribution in [2.45, 2.75) is 18.4 Å². The molecule has 0 radical (unpaired) electrons. The summed E-state index contributed by atoms with van der Waals surface area (Å²) in [6.45, 7) is 2.76. The first kappa shape index (κ1) is 18.3. The van der Waals surface area contributed by atoms with Gasteiger partial charge < -0.3 is 5.32 Å². The number of sulfonamides is 1. The molecule has 0 amide bonds. The van der Waals surface area contributed by atoms with Gasteiger partial charge in [-0.25, -0.2) is 12.7 Å². The van der Waals surface area contributed by atoms with E-state index in [-0.39, 0.29) is 17.2 Å². The standard InChI is InChI=1S/C18H22N2O3S/c1-14-7-9-15(10-8-14)12-19-13-18(21)16-5-4-6-17(11-16)24(22,23)20(2)3/h4-11,19H,12-13H2,1-3H3. The second kappa shape index (κ2) is 7.70. The molecule has 0 unspecified atom stereocenters. The largest absolute Gasteiger partial charge is 0.306 e. The van der Waals surface area contributed by atoms with Crippen molar-refractivity contribution in [3.63, 3.8) is 0 Å². The number of ketones is 1. The van der Waals surface area contributed by atoms with Gasteiger partial charge in [0.1, 0.15) is 0 Å². The van der Waals surface area contributed by atoms with E-state index in [9.17, 15) is 13.2 Å². The molecule has 0 spiro atoms. The molecule has 24 heavy (non-hydrogen) atoms. The molecular weight excluding hydrogens is 324 g/mol. The van der Waals surface area contributed by atoms with Gasteiger partial charge in [0.15, 0.2) is 5.78 Å². The van der Waals surface area contributed by atoms with Crippen molar-refractivity contribution in [2.75, 3.05) is 20.6 Å². The van der Waals surface area contributed by atoms with E-state index in [4.69, 9.17) is 0 Å². The zero-order valence-corrected chi connectivity index (χ0v) is 14.9. The molecule has 0 aliphatic rings. The third-order valence-corrected chi connectivity index (χ3v) is 5.48. The molecule has 0 aliphatic carbocycles. The van der Waals surface area contributed by atoms with Gasteiger partial charge >= 0.3 is 0 Å². The number of carbonyl (C=O) groups excluding carboxylic acids is 1. The van der Waals surface area contributed by atoms with Crippen molar-refractivity contribution in [1.82, 2.24) is 9.62 Å². The Bertz CT molecular complexity index is 812. The predicted octanol–water partition coefficient (Wildman–Crippen LogP) is 2.22. The summed E-state index contributed by atoms with van der Waals surface area (Å²) in [7, 11) is -0.609. The second-order valence-corrected chi connectivity index (χ2v) is 7.98. The van der Waals surface area contributed by atoms with E-state index in [1.54, 1.807) is 12.1 Å². The zero-order valence-electron chi connectivity index (χ0n) is 14.1. The van der Waals surface area contributed by atoms with Crippen molar-refractivity contribution in [3.05, 3.63) is 65.2 Å². The van der Waals surface area contributed by atoms with Crippen LogP contribution in [0.2, 0.25) is 0 Å². The van der Waals surface area contributed by atoms with Crippen LogP contribution >= 0.6 is 0 Å². The van der Waals surface area contributed by atoms with Gasteiger partial charge in [0.25, 0.3) is 0 Å². The molecule has 128 valence electrons. The summed E-state index contributed by atoms with van der Waals surface area (Å²) in [5, 5.41) is 3.09. The summed E-state index contributed by atoms with van der Waals surface area (Å²) < 4.78 is 25.4. The third-order valence-electron chi connectivity index (χ3n) is 3.67. The Balaban J connectivity index is 2.01. The molecule has 0 fully saturated rings. The minimum Gasteiger partial charge on any atom is -0.306 e. The van der Waals surface area contributed by atoms with Crippen LogP contribution < -0.4 is 5.32 Å². The fraction of sp³-hybridized carbons (Fsp3) is 0.278. The highest BCUT2D eigenvalue weighted by atomic mass is 32.2. The van der Waals surface area contributed by atoms with E-state index < -0.39 is 10.0 Å². The van der Waals surface area contributed by atoms with Crippen molar-refractivity contribution in [2.24, 2.45) is 0 Å². The van der Waals surface area contributed by atoms with E-state index in [1.165, 1.54) is 31.8 Å². The highest BCUT2D eigenvalue weighted by Gasteiger charge is 2.18. The van der Waals surface area contributed by atoms with E-state index in [1.807, 2.05) is 31.2 Å².